The van der Waals surface area contributed by atoms with Gasteiger partial charge in [0.15, 0.2) is 0 Å². The van der Waals surface area contributed by atoms with Gasteiger partial charge >= 0.3 is 0 Å². The lowest BCUT2D eigenvalue weighted by Crippen LogP contribution is -2.36. The van der Waals surface area contributed by atoms with Gasteiger partial charge in [-0.2, -0.15) is 0 Å². The maximum atomic E-state index is 12.9. The molecular weight excluding hydrogens is 298 g/mol. The van der Waals surface area contributed by atoms with Crippen LogP contribution in [-0.4, -0.2) is 53.5 Å². The molecule has 0 radical (unpaired) electrons. The summed E-state index contributed by atoms with van der Waals surface area (Å²) in [6, 6.07) is 3.11. The van der Waals surface area contributed by atoms with Gasteiger partial charge in [0.05, 0.1) is 5.56 Å². The molecule has 0 spiro atoms. The highest BCUT2D eigenvalue weighted by molar-refractivity contribution is 5.94. The molecule has 2 saturated carbocycles. The summed E-state index contributed by atoms with van der Waals surface area (Å²) >= 11 is 0. The smallest absolute Gasteiger partial charge is 0.255 e. The quantitative estimate of drug-likeness (QED) is 0.849. The number of carbonyl (C=O) groups excluding carboxylic acids is 1. The van der Waals surface area contributed by atoms with Crippen molar-refractivity contribution >= 4 is 5.91 Å². The number of aromatic nitrogens is 1. The fraction of sp³-hybridized carbons (Fsp3) is 0.750. The monoisotopic (exact) mass is 331 g/mol. The highest BCUT2D eigenvalue weighted by atomic mass is 16.2. The fourth-order valence-electron chi connectivity index (χ4n) is 4.60. The molecule has 4 atom stereocenters. The third kappa shape index (κ3) is 3.26. The molecule has 3 rings (SSSR count). The first kappa shape index (κ1) is 17.5. The van der Waals surface area contributed by atoms with Crippen LogP contribution >= 0.6 is 0 Å². The Morgan fingerprint density at radius 2 is 1.58 bits per heavy atom. The molecule has 0 aromatic carbocycles. The van der Waals surface area contributed by atoms with Crippen LogP contribution in [-0.2, 0) is 5.54 Å². The largest absolute Gasteiger partial charge is 0.348 e. The van der Waals surface area contributed by atoms with Crippen molar-refractivity contribution in [3.63, 3.8) is 0 Å². The van der Waals surface area contributed by atoms with Gasteiger partial charge in [-0.15, -0.1) is 0 Å². The van der Waals surface area contributed by atoms with Gasteiger partial charge in [0.25, 0.3) is 5.91 Å². The van der Waals surface area contributed by atoms with Gasteiger partial charge in [-0.25, -0.2) is 0 Å². The predicted molar refractivity (Wildman–Crippen MR) is 98.2 cm³/mol. The zero-order chi connectivity index (χ0) is 17.6. The number of hydrogen-bond acceptors (Lipinski definition) is 2. The second kappa shape index (κ2) is 6.21. The number of fused-ring (bicyclic) bond motifs is 1. The molecule has 24 heavy (non-hydrogen) atoms. The molecule has 2 aliphatic carbocycles. The minimum atomic E-state index is 0.0165. The molecule has 0 saturated heterocycles. The highest BCUT2D eigenvalue weighted by Gasteiger charge is 2.44. The molecule has 1 heterocycles. The Morgan fingerprint density at radius 1 is 1.04 bits per heavy atom. The molecule has 2 aliphatic rings. The van der Waals surface area contributed by atoms with Gasteiger partial charge in [0.1, 0.15) is 0 Å². The molecular formula is C20H33N3O. The summed E-state index contributed by atoms with van der Waals surface area (Å²) in [5.41, 5.74) is 0.832. The van der Waals surface area contributed by atoms with Crippen LogP contribution in [0.1, 0.15) is 56.8 Å². The average molecular weight is 332 g/mol. The van der Waals surface area contributed by atoms with E-state index in [1.807, 2.05) is 30.4 Å². The Balaban J connectivity index is 1.63. The van der Waals surface area contributed by atoms with E-state index in [2.05, 4.69) is 44.3 Å². The lowest BCUT2D eigenvalue weighted by atomic mass is 10.0. The van der Waals surface area contributed by atoms with Gasteiger partial charge < -0.3 is 14.4 Å². The van der Waals surface area contributed by atoms with Crippen molar-refractivity contribution in [1.82, 2.24) is 14.4 Å². The predicted octanol–water partition coefficient (Wildman–Crippen LogP) is 3.43. The fourth-order valence-corrected chi connectivity index (χ4v) is 4.60. The first-order valence-electron chi connectivity index (χ1n) is 9.29. The van der Waals surface area contributed by atoms with E-state index < -0.39 is 0 Å². The van der Waals surface area contributed by atoms with Crippen molar-refractivity contribution in [3.8, 4) is 0 Å². The third-order valence-electron chi connectivity index (χ3n) is 6.28. The van der Waals surface area contributed by atoms with Crippen molar-refractivity contribution in [2.45, 2.75) is 64.1 Å². The van der Waals surface area contributed by atoms with Crippen LogP contribution in [0.15, 0.2) is 18.5 Å². The Bertz CT molecular complexity index is 584. The summed E-state index contributed by atoms with van der Waals surface area (Å²) in [7, 11) is 6.38. The molecule has 4 heteroatoms. The molecule has 1 aromatic heterocycles. The summed E-state index contributed by atoms with van der Waals surface area (Å²) in [5, 5.41) is 0. The lowest BCUT2D eigenvalue weighted by Gasteiger charge is -2.27. The lowest BCUT2D eigenvalue weighted by molar-refractivity contribution is 0.0726. The van der Waals surface area contributed by atoms with E-state index in [0.717, 1.165) is 23.4 Å². The van der Waals surface area contributed by atoms with Crippen LogP contribution in [0, 0.1) is 11.8 Å². The summed E-state index contributed by atoms with van der Waals surface area (Å²) < 4.78 is 2.12. The Labute approximate surface area is 146 Å². The molecule has 134 valence electrons. The van der Waals surface area contributed by atoms with E-state index in [0.29, 0.717) is 6.04 Å². The van der Waals surface area contributed by atoms with Gasteiger partial charge in [0, 0.05) is 37.1 Å². The van der Waals surface area contributed by atoms with Crippen LogP contribution in [0.5, 0.6) is 0 Å². The van der Waals surface area contributed by atoms with E-state index in [1.165, 1.54) is 25.7 Å². The van der Waals surface area contributed by atoms with Crippen molar-refractivity contribution in [2.75, 3.05) is 21.1 Å². The summed E-state index contributed by atoms with van der Waals surface area (Å²) in [6.07, 6.45) is 8.98. The van der Waals surface area contributed by atoms with Gasteiger partial charge in [0.2, 0.25) is 0 Å². The van der Waals surface area contributed by atoms with Crippen LogP contribution < -0.4 is 0 Å². The van der Waals surface area contributed by atoms with Crippen molar-refractivity contribution < 1.29 is 4.79 Å². The number of amides is 1. The minimum absolute atomic E-state index is 0.0165. The molecule has 4 nitrogen and oxygen atoms in total. The number of hydrogen-bond donors (Lipinski definition) is 0. The summed E-state index contributed by atoms with van der Waals surface area (Å²) in [6.45, 7) is 6.47. The Kier molecular flexibility index (Phi) is 4.54. The van der Waals surface area contributed by atoms with E-state index >= 15 is 0 Å². The molecule has 1 aromatic rings. The molecule has 0 N–H and O–H groups in total. The van der Waals surface area contributed by atoms with E-state index in [-0.39, 0.29) is 11.4 Å². The van der Waals surface area contributed by atoms with Crippen molar-refractivity contribution in [3.05, 3.63) is 24.0 Å². The molecule has 1 amide bonds. The van der Waals surface area contributed by atoms with E-state index in [4.69, 9.17) is 0 Å². The Hall–Kier alpha value is -1.29. The normalized spacial score (nSPS) is 30.0. The topological polar surface area (TPSA) is 28.5 Å². The average Bonchev–Trinajstić information content (AvgIpc) is 3.17. The second-order valence-electron chi connectivity index (χ2n) is 9.13. The van der Waals surface area contributed by atoms with Gasteiger partial charge in [-0.1, -0.05) is 0 Å². The zero-order valence-electron chi connectivity index (χ0n) is 16.1. The van der Waals surface area contributed by atoms with Crippen LogP contribution in [0.4, 0.5) is 0 Å². The maximum absolute atomic E-state index is 12.9. The molecule has 0 bridgehead atoms. The van der Waals surface area contributed by atoms with E-state index in [9.17, 15) is 4.79 Å². The van der Waals surface area contributed by atoms with Gasteiger partial charge in [-0.05, 0) is 78.5 Å². The Morgan fingerprint density at radius 3 is 2.04 bits per heavy atom. The summed E-state index contributed by atoms with van der Waals surface area (Å²) in [4.78, 5) is 17.2. The second-order valence-corrected chi connectivity index (χ2v) is 9.13. The third-order valence-corrected chi connectivity index (χ3v) is 6.28. The standard InChI is InChI=1S/C20H33N3O/c1-20(2,3)23-8-7-14(13-23)19(24)22(6)18-11-15-9-17(21(4)5)10-16(15)12-18/h7-8,13,15-18H,9-12H2,1-6H3/t15-,16+,17?,18?. The van der Waals surface area contributed by atoms with Crippen molar-refractivity contribution in [2.24, 2.45) is 11.8 Å². The first-order chi connectivity index (χ1) is 11.2. The highest BCUT2D eigenvalue weighted by Crippen LogP contribution is 2.46. The first-order valence-corrected chi connectivity index (χ1v) is 9.29. The zero-order valence-corrected chi connectivity index (χ0v) is 16.1. The number of carbonyl (C=O) groups is 1. The van der Waals surface area contributed by atoms with Crippen LogP contribution in [0.2, 0.25) is 0 Å². The SMILES string of the molecule is CN(C)C1C[C@@H]2CC(N(C)C(=O)c3ccn(C(C)(C)C)c3)C[C@@H]2C1. The van der Waals surface area contributed by atoms with Crippen LogP contribution in [0.3, 0.4) is 0 Å². The summed E-state index contributed by atoms with van der Waals surface area (Å²) in [5.74, 6) is 1.78. The number of nitrogens with zero attached hydrogens (tertiary/aromatic N) is 3. The van der Waals surface area contributed by atoms with E-state index in [1.54, 1.807) is 0 Å². The number of rotatable bonds is 3. The van der Waals surface area contributed by atoms with Crippen LogP contribution in [0.25, 0.3) is 0 Å². The van der Waals surface area contributed by atoms with Crippen molar-refractivity contribution in [1.29, 1.82) is 0 Å². The molecule has 2 fully saturated rings. The maximum Gasteiger partial charge on any atom is 0.255 e. The minimum Gasteiger partial charge on any atom is -0.348 e. The van der Waals surface area contributed by atoms with Gasteiger partial charge in [-0.3, -0.25) is 4.79 Å². The molecule has 2 unspecified atom stereocenters. The molecule has 0 aliphatic heterocycles.